The highest BCUT2D eigenvalue weighted by molar-refractivity contribution is 5.89. The molecule has 3 aromatic rings. The van der Waals surface area contributed by atoms with Crippen LogP contribution in [0, 0.1) is 5.92 Å². The molecule has 1 fully saturated rings. The molecule has 128 valence electrons. The van der Waals surface area contributed by atoms with E-state index in [4.69, 9.17) is 0 Å². The second-order valence-electron chi connectivity index (χ2n) is 6.61. The van der Waals surface area contributed by atoms with Gasteiger partial charge in [0.2, 0.25) is 0 Å². The molecule has 1 aromatic heterocycles. The van der Waals surface area contributed by atoms with Crippen LogP contribution in [0.5, 0.6) is 0 Å². The molecule has 0 radical (unpaired) electrons. The molecule has 0 aliphatic carbocycles. The average molecular weight is 334 g/mol. The molecule has 4 rings (SSSR count). The van der Waals surface area contributed by atoms with Crippen molar-refractivity contribution < 1.29 is 4.79 Å². The predicted octanol–water partition coefficient (Wildman–Crippen LogP) is 3.98. The number of hydrogen-bond acceptors (Lipinski definition) is 2. The monoisotopic (exact) mass is 334 g/mol. The molecular weight excluding hydrogens is 312 g/mol. The number of hydrogen-bond donors (Lipinski definition) is 1. The third-order valence-electron chi connectivity index (χ3n) is 4.91. The summed E-state index contributed by atoms with van der Waals surface area (Å²) in [5.74, 6) is 0.582. The highest BCUT2D eigenvalue weighted by Gasteiger charge is 2.23. The molecule has 25 heavy (non-hydrogen) atoms. The van der Waals surface area contributed by atoms with E-state index < -0.39 is 0 Å². The second kappa shape index (κ2) is 6.97. The third kappa shape index (κ3) is 3.50. The van der Waals surface area contributed by atoms with Gasteiger partial charge in [0.25, 0.3) is 0 Å². The number of anilines is 1. The Morgan fingerprint density at radius 3 is 2.56 bits per heavy atom. The molecule has 1 saturated heterocycles. The van der Waals surface area contributed by atoms with E-state index in [1.807, 2.05) is 53.7 Å². The highest BCUT2D eigenvalue weighted by atomic mass is 16.2. The van der Waals surface area contributed by atoms with Gasteiger partial charge in [0.05, 0.1) is 17.4 Å². The number of piperidine rings is 1. The summed E-state index contributed by atoms with van der Waals surface area (Å²) in [4.78, 5) is 18.7. The van der Waals surface area contributed by atoms with Gasteiger partial charge in [0.15, 0.2) is 0 Å². The lowest BCUT2D eigenvalue weighted by Gasteiger charge is -2.32. The van der Waals surface area contributed by atoms with E-state index >= 15 is 0 Å². The van der Waals surface area contributed by atoms with Crippen LogP contribution in [-0.2, 0) is 6.54 Å². The maximum absolute atomic E-state index is 12.4. The fourth-order valence-corrected chi connectivity index (χ4v) is 3.48. The van der Waals surface area contributed by atoms with Crippen molar-refractivity contribution in [3.05, 3.63) is 60.9 Å². The Labute approximate surface area is 147 Å². The van der Waals surface area contributed by atoms with Gasteiger partial charge in [-0.25, -0.2) is 9.78 Å². The zero-order valence-corrected chi connectivity index (χ0v) is 14.1. The first-order chi connectivity index (χ1) is 12.3. The number of carbonyl (C=O) groups is 1. The van der Waals surface area contributed by atoms with E-state index in [9.17, 15) is 4.79 Å². The first-order valence-corrected chi connectivity index (χ1v) is 8.80. The van der Waals surface area contributed by atoms with Gasteiger partial charge in [-0.05, 0) is 43.0 Å². The molecule has 0 unspecified atom stereocenters. The van der Waals surface area contributed by atoms with E-state index in [1.165, 1.54) is 5.52 Å². The zero-order chi connectivity index (χ0) is 17.1. The third-order valence-corrected chi connectivity index (χ3v) is 4.91. The minimum Gasteiger partial charge on any atom is -0.330 e. The van der Waals surface area contributed by atoms with E-state index in [0.29, 0.717) is 5.92 Å². The van der Waals surface area contributed by atoms with Crippen molar-refractivity contribution in [2.45, 2.75) is 19.4 Å². The number of fused-ring (bicyclic) bond motifs is 1. The summed E-state index contributed by atoms with van der Waals surface area (Å²) in [6.45, 7) is 2.57. The van der Waals surface area contributed by atoms with Crippen molar-refractivity contribution >= 4 is 22.8 Å². The molecule has 0 saturated carbocycles. The van der Waals surface area contributed by atoms with Crippen molar-refractivity contribution in [1.82, 2.24) is 14.5 Å². The molecule has 0 spiro atoms. The Hall–Kier alpha value is -2.82. The highest BCUT2D eigenvalue weighted by Crippen LogP contribution is 2.22. The summed E-state index contributed by atoms with van der Waals surface area (Å²) in [5.41, 5.74) is 3.08. The van der Waals surface area contributed by atoms with Gasteiger partial charge < -0.3 is 14.8 Å². The van der Waals surface area contributed by atoms with Gasteiger partial charge in [-0.3, -0.25) is 0 Å². The molecule has 5 heteroatoms. The summed E-state index contributed by atoms with van der Waals surface area (Å²) >= 11 is 0. The summed E-state index contributed by atoms with van der Waals surface area (Å²) in [5, 5.41) is 2.97. The lowest BCUT2D eigenvalue weighted by Crippen LogP contribution is -2.41. The Morgan fingerprint density at radius 1 is 1.04 bits per heavy atom. The van der Waals surface area contributed by atoms with Crippen LogP contribution in [0.3, 0.4) is 0 Å². The molecule has 2 amide bonds. The number of imidazole rings is 1. The summed E-state index contributed by atoms with van der Waals surface area (Å²) in [6.07, 6.45) is 3.97. The molecule has 5 nitrogen and oxygen atoms in total. The minimum absolute atomic E-state index is 0.00210. The molecular formula is C20H22N4O. The standard InChI is InChI=1S/C20H22N4O/c25-20(22-17-6-2-1-3-7-17)23-12-10-16(11-13-23)14-24-15-21-18-8-4-5-9-19(18)24/h1-9,15-16H,10-14H2,(H,22,25). The van der Waals surface area contributed by atoms with Crippen LogP contribution in [0.4, 0.5) is 10.5 Å². The normalized spacial score (nSPS) is 15.4. The molecule has 2 heterocycles. The summed E-state index contributed by atoms with van der Waals surface area (Å²) in [6, 6.07) is 17.9. The molecule has 0 atom stereocenters. The number of nitrogens with one attached hydrogen (secondary N) is 1. The van der Waals surface area contributed by atoms with Gasteiger partial charge in [-0.1, -0.05) is 30.3 Å². The molecule has 2 aromatic carbocycles. The number of nitrogens with zero attached hydrogens (tertiary/aromatic N) is 3. The van der Waals surface area contributed by atoms with E-state index in [1.54, 1.807) is 0 Å². The molecule has 1 aliphatic heterocycles. The smallest absolute Gasteiger partial charge is 0.321 e. The lowest BCUT2D eigenvalue weighted by molar-refractivity contribution is 0.177. The summed E-state index contributed by atoms with van der Waals surface area (Å²) in [7, 11) is 0. The quantitative estimate of drug-likeness (QED) is 0.787. The van der Waals surface area contributed by atoms with Crippen LogP contribution in [0.2, 0.25) is 0 Å². The number of benzene rings is 2. The molecule has 0 bridgehead atoms. The van der Waals surface area contributed by atoms with E-state index in [0.717, 1.165) is 43.7 Å². The lowest BCUT2D eigenvalue weighted by atomic mass is 9.97. The number of likely N-dealkylation sites (tertiary alicyclic amines) is 1. The Balaban J connectivity index is 1.33. The van der Waals surface area contributed by atoms with Gasteiger partial charge >= 0.3 is 6.03 Å². The maximum atomic E-state index is 12.4. The number of carbonyl (C=O) groups excluding carboxylic acids is 1. The Morgan fingerprint density at radius 2 is 1.76 bits per heavy atom. The minimum atomic E-state index is -0.00210. The van der Waals surface area contributed by atoms with Crippen molar-refractivity contribution in [1.29, 1.82) is 0 Å². The fourth-order valence-electron chi connectivity index (χ4n) is 3.48. The molecule has 1 N–H and O–H groups in total. The van der Waals surface area contributed by atoms with Crippen LogP contribution >= 0.6 is 0 Å². The van der Waals surface area contributed by atoms with Crippen LogP contribution in [0.15, 0.2) is 60.9 Å². The zero-order valence-electron chi connectivity index (χ0n) is 14.1. The van der Waals surface area contributed by atoms with Crippen molar-refractivity contribution in [2.24, 2.45) is 5.92 Å². The second-order valence-corrected chi connectivity index (χ2v) is 6.61. The van der Waals surface area contributed by atoms with Crippen LogP contribution in [-0.4, -0.2) is 33.6 Å². The van der Waals surface area contributed by atoms with Crippen molar-refractivity contribution in [3.8, 4) is 0 Å². The average Bonchev–Trinajstić information content (AvgIpc) is 3.06. The predicted molar refractivity (Wildman–Crippen MR) is 99.5 cm³/mol. The first kappa shape index (κ1) is 15.7. The van der Waals surface area contributed by atoms with Crippen LogP contribution < -0.4 is 5.32 Å². The largest absolute Gasteiger partial charge is 0.330 e. The van der Waals surface area contributed by atoms with Crippen LogP contribution in [0.1, 0.15) is 12.8 Å². The van der Waals surface area contributed by atoms with Crippen LogP contribution in [0.25, 0.3) is 11.0 Å². The van der Waals surface area contributed by atoms with Gasteiger partial charge in [-0.2, -0.15) is 0 Å². The first-order valence-electron chi connectivity index (χ1n) is 8.80. The number of urea groups is 1. The van der Waals surface area contributed by atoms with Gasteiger partial charge in [0.1, 0.15) is 0 Å². The number of amides is 2. The van der Waals surface area contributed by atoms with E-state index in [2.05, 4.69) is 27.0 Å². The van der Waals surface area contributed by atoms with Gasteiger partial charge in [0, 0.05) is 25.3 Å². The van der Waals surface area contributed by atoms with E-state index in [-0.39, 0.29) is 6.03 Å². The maximum Gasteiger partial charge on any atom is 0.321 e. The Kier molecular flexibility index (Phi) is 4.37. The number of aromatic nitrogens is 2. The fraction of sp³-hybridized carbons (Fsp3) is 0.300. The molecule has 1 aliphatic rings. The van der Waals surface area contributed by atoms with Gasteiger partial charge in [-0.15, -0.1) is 0 Å². The SMILES string of the molecule is O=C(Nc1ccccc1)N1CCC(Cn2cnc3ccccc32)CC1. The summed E-state index contributed by atoms with van der Waals surface area (Å²) < 4.78 is 2.24. The van der Waals surface area contributed by atoms with Crippen molar-refractivity contribution in [2.75, 3.05) is 18.4 Å². The Bertz CT molecular complexity index is 850. The number of rotatable bonds is 3. The number of para-hydroxylation sites is 3. The van der Waals surface area contributed by atoms with Crippen molar-refractivity contribution in [3.63, 3.8) is 0 Å². The topological polar surface area (TPSA) is 50.2 Å².